The maximum Gasteiger partial charge on any atom is 0.254 e. The summed E-state index contributed by atoms with van der Waals surface area (Å²) in [6, 6.07) is 5.93. The summed E-state index contributed by atoms with van der Waals surface area (Å²) in [5, 5.41) is 8.21. The van der Waals surface area contributed by atoms with Gasteiger partial charge in [-0.25, -0.2) is 14.1 Å². The highest BCUT2D eigenvalue weighted by Crippen LogP contribution is 2.30. The molecule has 3 aromatic rings. The van der Waals surface area contributed by atoms with Crippen molar-refractivity contribution in [1.82, 2.24) is 20.1 Å². The summed E-state index contributed by atoms with van der Waals surface area (Å²) >= 11 is 6.52. The van der Waals surface area contributed by atoms with Gasteiger partial charge in [-0.15, -0.1) is 0 Å². The number of carbonyl (C=O) groups excluding carboxylic acids is 1. The molecule has 27 heavy (non-hydrogen) atoms. The van der Waals surface area contributed by atoms with E-state index >= 15 is 0 Å². The molecule has 0 radical (unpaired) electrons. The lowest BCUT2D eigenvalue weighted by Crippen LogP contribution is -2.32. The van der Waals surface area contributed by atoms with Gasteiger partial charge in [0.05, 0.1) is 33.5 Å². The Morgan fingerprint density at radius 3 is 2.89 bits per heavy atom. The summed E-state index contributed by atoms with van der Waals surface area (Å²) in [5.74, 6) is -0.623. The largest absolute Gasteiger partial charge is 0.376 e. The average Bonchev–Trinajstić information content (AvgIpc) is 3.29. The van der Waals surface area contributed by atoms with Crippen molar-refractivity contribution >= 4 is 28.5 Å². The Balaban J connectivity index is 1.66. The molecule has 1 unspecified atom stereocenters. The first-order valence-electron chi connectivity index (χ1n) is 8.74. The highest BCUT2D eigenvalue weighted by molar-refractivity contribution is 6.38. The number of nitrogens with zero attached hydrogens (tertiary/aromatic N) is 3. The molecule has 1 aliphatic rings. The Morgan fingerprint density at radius 1 is 1.41 bits per heavy atom. The molecule has 1 saturated heterocycles. The first-order chi connectivity index (χ1) is 13.0. The fourth-order valence-electron chi connectivity index (χ4n) is 3.24. The highest BCUT2D eigenvalue weighted by atomic mass is 35.5. The molecule has 0 bridgehead atoms. The molecule has 1 fully saturated rings. The van der Waals surface area contributed by atoms with Crippen LogP contribution in [0.5, 0.6) is 0 Å². The number of hydrogen-bond donors (Lipinski definition) is 1. The summed E-state index contributed by atoms with van der Waals surface area (Å²) in [6.07, 6.45) is 3.44. The van der Waals surface area contributed by atoms with Crippen LogP contribution in [0.4, 0.5) is 4.39 Å². The molecule has 140 valence electrons. The second-order valence-corrected chi connectivity index (χ2v) is 6.88. The fourth-order valence-corrected chi connectivity index (χ4v) is 3.59. The van der Waals surface area contributed by atoms with Gasteiger partial charge in [0.1, 0.15) is 5.82 Å². The Bertz CT molecular complexity index is 997. The second-order valence-electron chi connectivity index (χ2n) is 6.50. The first kappa shape index (κ1) is 17.9. The van der Waals surface area contributed by atoms with Crippen LogP contribution < -0.4 is 5.32 Å². The zero-order valence-corrected chi connectivity index (χ0v) is 15.5. The quantitative estimate of drug-likeness (QED) is 0.743. The predicted molar refractivity (Wildman–Crippen MR) is 99.9 cm³/mol. The van der Waals surface area contributed by atoms with Gasteiger partial charge in [-0.1, -0.05) is 11.6 Å². The number of nitrogens with one attached hydrogen (secondary N) is 1. The molecule has 1 aromatic carbocycles. The zero-order valence-electron chi connectivity index (χ0n) is 14.7. The van der Waals surface area contributed by atoms with Crippen molar-refractivity contribution in [3.05, 3.63) is 52.6 Å². The minimum atomic E-state index is -0.330. The van der Waals surface area contributed by atoms with Gasteiger partial charge in [-0.2, -0.15) is 5.10 Å². The van der Waals surface area contributed by atoms with E-state index in [9.17, 15) is 9.18 Å². The van der Waals surface area contributed by atoms with Crippen molar-refractivity contribution in [3.8, 4) is 5.69 Å². The molecule has 2 aromatic heterocycles. The molecule has 0 saturated carbocycles. The van der Waals surface area contributed by atoms with Gasteiger partial charge in [-0.05, 0) is 44.0 Å². The predicted octanol–water partition coefficient (Wildman–Crippen LogP) is 3.43. The lowest BCUT2D eigenvalue weighted by Gasteiger charge is -2.11. The Labute approximate surface area is 160 Å². The van der Waals surface area contributed by atoms with E-state index in [0.29, 0.717) is 39.5 Å². The Morgan fingerprint density at radius 2 is 2.19 bits per heavy atom. The van der Waals surface area contributed by atoms with Crippen molar-refractivity contribution in [1.29, 1.82) is 0 Å². The average molecular weight is 389 g/mol. The van der Waals surface area contributed by atoms with Crippen LogP contribution in [-0.4, -0.2) is 39.9 Å². The van der Waals surface area contributed by atoms with Crippen LogP contribution in [0.1, 0.15) is 28.9 Å². The first-order valence-corrected chi connectivity index (χ1v) is 9.12. The second kappa shape index (κ2) is 7.25. The summed E-state index contributed by atoms with van der Waals surface area (Å²) in [5.41, 5.74) is 2.11. The number of halogens is 2. The van der Waals surface area contributed by atoms with Gasteiger partial charge >= 0.3 is 0 Å². The molecular formula is C19H18ClFN4O2. The molecule has 0 spiro atoms. The van der Waals surface area contributed by atoms with E-state index < -0.39 is 0 Å². The van der Waals surface area contributed by atoms with Gasteiger partial charge < -0.3 is 10.1 Å². The maximum atomic E-state index is 13.2. The van der Waals surface area contributed by atoms with Crippen molar-refractivity contribution in [2.45, 2.75) is 25.9 Å². The van der Waals surface area contributed by atoms with Crippen LogP contribution in [0.3, 0.4) is 0 Å². The zero-order chi connectivity index (χ0) is 19.0. The topological polar surface area (TPSA) is 69.0 Å². The Hall–Kier alpha value is -2.51. The number of amides is 1. The van der Waals surface area contributed by atoms with E-state index in [2.05, 4.69) is 15.4 Å². The van der Waals surface area contributed by atoms with Crippen molar-refractivity contribution < 1.29 is 13.9 Å². The molecule has 6 nitrogen and oxygen atoms in total. The molecule has 1 aliphatic heterocycles. The number of pyridine rings is 1. The molecule has 1 N–H and O–H groups in total. The molecule has 4 rings (SSSR count). The van der Waals surface area contributed by atoms with Crippen LogP contribution >= 0.6 is 11.6 Å². The van der Waals surface area contributed by atoms with Gasteiger partial charge in [0, 0.05) is 19.3 Å². The monoisotopic (exact) mass is 388 g/mol. The van der Waals surface area contributed by atoms with Crippen LogP contribution in [0.25, 0.3) is 16.7 Å². The highest BCUT2D eigenvalue weighted by Gasteiger charge is 2.21. The van der Waals surface area contributed by atoms with Gasteiger partial charge in [0.2, 0.25) is 0 Å². The van der Waals surface area contributed by atoms with Gasteiger partial charge in [-0.3, -0.25) is 4.79 Å². The molecule has 0 aliphatic carbocycles. The molecule has 8 heteroatoms. The lowest BCUT2D eigenvalue weighted by molar-refractivity contribution is 0.0857. The summed E-state index contributed by atoms with van der Waals surface area (Å²) in [7, 11) is 0. The van der Waals surface area contributed by atoms with E-state index in [-0.39, 0.29) is 17.8 Å². The van der Waals surface area contributed by atoms with E-state index in [0.717, 1.165) is 19.4 Å². The third kappa shape index (κ3) is 3.40. The number of aromatic nitrogens is 3. The fraction of sp³-hybridized carbons (Fsp3) is 0.316. The number of rotatable bonds is 4. The maximum absolute atomic E-state index is 13.2. The van der Waals surface area contributed by atoms with E-state index in [4.69, 9.17) is 16.3 Å². The van der Waals surface area contributed by atoms with Crippen LogP contribution in [0, 0.1) is 12.7 Å². The van der Waals surface area contributed by atoms with Crippen LogP contribution in [-0.2, 0) is 4.74 Å². The number of ether oxygens (including phenoxy) is 1. The molecule has 1 atom stereocenters. The normalized spacial score (nSPS) is 16.8. The van der Waals surface area contributed by atoms with Crippen LogP contribution in [0.2, 0.25) is 5.02 Å². The summed E-state index contributed by atoms with van der Waals surface area (Å²) < 4.78 is 20.3. The number of benzene rings is 1. The Kier molecular flexibility index (Phi) is 4.80. The number of hydrogen-bond acceptors (Lipinski definition) is 4. The molecule has 1 amide bonds. The summed E-state index contributed by atoms with van der Waals surface area (Å²) in [6.45, 7) is 2.97. The number of aryl methyl sites for hydroxylation is 1. The standard InChI is InChI=1S/C19H18ClFN4O2/c1-11-16-17(20)15(19(26)23-9-14-3-2-8-27-14)10-22-18(16)25(24-11)13-6-4-12(21)5-7-13/h4-7,10,14H,2-3,8-9H2,1H3,(H,23,26). The van der Waals surface area contributed by atoms with Crippen molar-refractivity contribution in [2.24, 2.45) is 0 Å². The minimum Gasteiger partial charge on any atom is -0.376 e. The van der Waals surface area contributed by atoms with Gasteiger partial charge in [0.25, 0.3) is 5.91 Å². The van der Waals surface area contributed by atoms with E-state index in [1.807, 2.05) is 0 Å². The third-order valence-electron chi connectivity index (χ3n) is 4.64. The molecule has 3 heterocycles. The smallest absolute Gasteiger partial charge is 0.254 e. The third-order valence-corrected chi connectivity index (χ3v) is 5.03. The number of fused-ring (bicyclic) bond motifs is 1. The number of carbonyl (C=O) groups is 1. The summed E-state index contributed by atoms with van der Waals surface area (Å²) in [4.78, 5) is 16.9. The SMILES string of the molecule is Cc1nn(-c2ccc(F)cc2)c2ncc(C(=O)NCC3CCCO3)c(Cl)c12. The van der Waals surface area contributed by atoms with Crippen molar-refractivity contribution in [3.63, 3.8) is 0 Å². The minimum absolute atomic E-state index is 0.0485. The van der Waals surface area contributed by atoms with Crippen molar-refractivity contribution in [2.75, 3.05) is 13.2 Å². The van der Waals surface area contributed by atoms with E-state index in [1.54, 1.807) is 23.7 Å². The van der Waals surface area contributed by atoms with E-state index in [1.165, 1.54) is 18.3 Å². The van der Waals surface area contributed by atoms with Crippen LogP contribution in [0.15, 0.2) is 30.5 Å². The lowest BCUT2D eigenvalue weighted by atomic mass is 10.2. The molecular weight excluding hydrogens is 371 g/mol. The van der Waals surface area contributed by atoms with Gasteiger partial charge in [0.15, 0.2) is 5.65 Å².